The molecule has 0 spiro atoms. The molecule has 3 rings (SSSR count). The average Bonchev–Trinajstić information content (AvgIpc) is 3.01. The van der Waals surface area contributed by atoms with E-state index >= 15 is 0 Å². The molecule has 0 fully saturated rings. The molecule has 0 saturated carbocycles. The number of hydrogen-bond donors (Lipinski definition) is 2. The Morgan fingerprint density at radius 1 is 0.867 bits per heavy atom. The van der Waals surface area contributed by atoms with Crippen LogP contribution in [0, 0.1) is 0 Å². The van der Waals surface area contributed by atoms with Crippen molar-refractivity contribution in [2.45, 2.75) is 6.92 Å². The van der Waals surface area contributed by atoms with E-state index in [4.69, 9.17) is 28.4 Å². The molecule has 2 N–H and O–H groups in total. The summed E-state index contributed by atoms with van der Waals surface area (Å²) >= 11 is 3.50. The number of nitrogens with zero attached hydrogens (tertiary/aromatic N) is 3. The van der Waals surface area contributed by atoms with E-state index in [2.05, 4.69) is 36.5 Å². The number of likely N-dealkylation sites (N-methyl/N-ethyl adjacent to an activating group) is 1. The number of halogens is 1. The molecule has 13 heteroatoms. The molecule has 0 unspecified atom stereocenters. The molecule has 12 nitrogen and oxygen atoms in total. The van der Waals surface area contributed by atoms with Gasteiger partial charge in [0.05, 0.1) is 70.7 Å². The third-order valence-electron chi connectivity index (χ3n) is 6.00. The van der Waals surface area contributed by atoms with Crippen molar-refractivity contribution in [3.63, 3.8) is 0 Å². The van der Waals surface area contributed by atoms with Gasteiger partial charge < -0.3 is 44.0 Å². The molecule has 0 atom stereocenters. The number of amides is 1. The Morgan fingerprint density at radius 2 is 1.51 bits per heavy atom. The fourth-order valence-corrected chi connectivity index (χ4v) is 4.28. The third-order valence-corrected chi connectivity index (χ3v) is 6.49. The standard InChI is InChI=1S/C32H44BrN5O7/c1-4-40-11-12-41-13-14-42-15-16-43-17-18-44-19-20-45-30-23-28-27(22-29(30)37-31(39)9-6-10-38(2)3)32(35-24-34-28)36-26-8-5-7-25(33)21-26/h5-9,21-24H,4,10-20H2,1-3H3,(H,37,39)(H,34,35,36). The first-order valence-electron chi connectivity index (χ1n) is 14.9. The van der Waals surface area contributed by atoms with Crippen LogP contribution in [0.25, 0.3) is 10.9 Å². The predicted molar refractivity (Wildman–Crippen MR) is 179 cm³/mol. The highest BCUT2D eigenvalue weighted by molar-refractivity contribution is 9.10. The van der Waals surface area contributed by atoms with Gasteiger partial charge in [-0.3, -0.25) is 4.79 Å². The zero-order chi connectivity index (χ0) is 32.1. The van der Waals surface area contributed by atoms with E-state index in [9.17, 15) is 4.79 Å². The van der Waals surface area contributed by atoms with E-state index in [0.29, 0.717) is 95.4 Å². The van der Waals surface area contributed by atoms with Crippen molar-refractivity contribution in [3.05, 3.63) is 59.4 Å². The zero-order valence-electron chi connectivity index (χ0n) is 26.3. The molecular weight excluding hydrogens is 646 g/mol. The Labute approximate surface area is 273 Å². The van der Waals surface area contributed by atoms with Crippen LogP contribution >= 0.6 is 15.9 Å². The van der Waals surface area contributed by atoms with Crippen molar-refractivity contribution in [1.82, 2.24) is 14.9 Å². The number of aromatic nitrogens is 2. The summed E-state index contributed by atoms with van der Waals surface area (Å²) in [5, 5.41) is 6.99. The fourth-order valence-electron chi connectivity index (χ4n) is 3.88. The number of hydrogen-bond acceptors (Lipinski definition) is 11. The number of rotatable bonds is 23. The summed E-state index contributed by atoms with van der Waals surface area (Å²) in [4.78, 5) is 23.6. The fraction of sp³-hybridized carbons (Fsp3) is 0.469. The van der Waals surface area contributed by atoms with E-state index in [-0.39, 0.29) is 12.5 Å². The van der Waals surface area contributed by atoms with Gasteiger partial charge in [-0.1, -0.05) is 28.1 Å². The first-order chi connectivity index (χ1) is 22.0. The second kappa shape index (κ2) is 21.5. The van der Waals surface area contributed by atoms with Crippen LogP contribution in [0.3, 0.4) is 0 Å². The molecule has 0 aliphatic rings. The van der Waals surface area contributed by atoms with Gasteiger partial charge in [-0.25, -0.2) is 9.97 Å². The highest BCUT2D eigenvalue weighted by atomic mass is 79.9. The smallest absolute Gasteiger partial charge is 0.248 e. The van der Waals surface area contributed by atoms with Gasteiger partial charge >= 0.3 is 0 Å². The van der Waals surface area contributed by atoms with Crippen molar-refractivity contribution >= 4 is 49.9 Å². The van der Waals surface area contributed by atoms with Crippen molar-refractivity contribution in [2.75, 3.05) is 104 Å². The summed E-state index contributed by atoms with van der Waals surface area (Å²) in [6, 6.07) is 11.4. The summed E-state index contributed by atoms with van der Waals surface area (Å²) in [5.74, 6) is 0.802. The molecule has 0 saturated heterocycles. The van der Waals surface area contributed by atoms with Crippen molar-refractivity contribution in [2.24, 2.45) is 0 Å². The lowest BCUT2D eigenvalue weighted by atomic mass is 10.1. The quantitative estimate of drug-likeness (QED) is 0.107. The second-order valence-corrected chi connectivity index (χ2v) is 10.8. The molecular formula is C32H44BrN5O7. The molecule has 1 amide bonds. The van der Waals surface area contributed by atoms with Crippen molar-refractivity contribution in [3.8, 4) is 5.75 Å². The first kappa shape index (κ1) is 36.3. The van der Waals surface area contributed by atoms with Gasteiger partial charge in [-0.15, -0.1) is 0 Å². The van der Waals surface area contributed by atoms with Crippen LogP contribution in [0.1, 0.15) is 6.92 Å². The number of carbonyl (C=O) groups excluding carboxylic acids is 1. The van der Waals surface area contributed by atoms with Crippen LogP contribution in [0.4, 0.5) is 17.2 Å². The van der Waals surface area contributed by atoms with Gasteiger partial charge in [0.1, 0.15) is 24.5 Å². The lowest BCUT2D eigenvalue weighted by molar-refractivity contribution is -0.111. The Morgan fingerprint density at radius 3 is 2.13 bits per heavy atom. The predicted octanol–water partition coefficient (Wildman–Crippen LogP) is 4.67. The largest absolute Gasteiger partial charge is 0.489 e. The minimum atomic E-state index is -0.272. The van der Waals surface area contributed by atoms with Gasteiger partial charge in [0.15, 0.2) is 0 Å². The summed E-state index contributed by atoms with van der Waals surface area (Å²) < 4.78 is 34.3. The Bertz CT molecular complexity index is 1330. The van der Waals surface area contributed by atoms with Gasteiger partial charge in [-0.05, 0) is 45.3 Å². The number of benzene rings is 2. The van der Waals surface area contributed by atoms with Gasteiger partial charge in [0.2, 0.25) is 5.91 Å². The molecule has 0 bridgehead atoms. The van der Waals surface area contributed by atoms with Crippen molar-refractivity contribution in [1.29, 1.82) is 0 Å². The van der Waals surface area contributed by atoms with Crippen LogP contribution in [0.15, 0.2) is 59.4 Å². The summed E-state index contributed by atoms with van der Waals surface area (Å²) in [6.45, 7) is 7.93. The van der Waals surface area contributed by atoms with E-state index in [0.717, 1.165) is 15.5 Å². The van der Waals surface area contributed by atoms with Crippen LogP contribution < -0.4 is 15.4 Å². The normalized spacial score (nSPS) is 11.5. The monoisotopic (exact) mass is 689 g/mol. The molecule has 1 heterocycles. The third kappa shape index (κ3) is 14.6. The molecule has 246 valence electrons. The topological polar surface area (TPSA) is 126 Å². The van der Waals surface area contributed by atoms with Crippen LogP contribution in [-0.2, 0) is 28.5 Å². The number of nitrogens with one attached hydrogen (secondary N) is 2. The summed E-state index contributed by atoms with van der Waals surface area (Å²) in [5.41, 5.74) is 2.01. The van der Waals surface area contributed by atoms with E-state index in [1.54, 1.807) is 12.1 Å². The Balaban J connectivity index is 1.50. The van der Waals surface area contributed by atoms with Crippen LogP contribution in [0.2, 0.25) is 0 Å². The maximum atomic E-state index is 12.7. The number of ether oxygens (including phenoxy) is 6. The Kier molecular flexibility index (Phi) is 17.4. The molecule has 2 aromatic carbocycles. The highest BCUT2D eigenvalue weighted by Gasteiger charge is 2.13. The lowest BCUT2D eigenvalue weighted by Crippen LogP contribution is -2.15. The molecule has 0 aliphatic carbocycles. The number of fused-ring (bicyclic) bond motifs is 1. The lowest BCUT2D eigenvalue weighted by Gasteiger charge is -2.15. The highest BCUT2D eigenvalue weighted by Crippen LogP contribution is 2.33. The number of carbonyl (C=O) groups is 1. The van der Waals surface area contributed by atoms with E-state index < -0.39 is 0 Å². The average molecular weight is 691 g/mol. The summed E-state index contributed by atoms with van der Waals surface area (Å²) in [7, 11) is 3.87. The molecule has 45 heavy (non-hydrogen) atoms. The number of anilines is 3. The molecule has 0 aliphatic heterocycles. The van der Waals surface area contributed by atoms with Gasteiger partial charge in [0, 0.05) is 40.8 Å². The maximum absolute atomic E-state index is 12.7. The zero-order valence-corrected chi connectivity index (χ0v) is 27.8. The Hall–Kier alpha value is -3.17. The minimum absolute atomic E-state index is 0.269. The van der Waals surface area contributed by atoms with Crippen LogP contribution in [-0.4, -0.2) is 114 Å². The molecule has 1 aromatic heterocycles. The summed E-state index contributed by atoms with van der Waals surface area (Å²) in [6.07, 6.45) is 4.78. The maximum Gasteiger partial charge on any atom is 0.248 e. The molecule has 0 radical (unpaired) electrons. The van der Waals surface area contributed by atoms with Crippen molar-refractivity contribution < 1.29 is 33.2 Å². The first-order valence-corrected chi connectivity index (χ1v) is 15.7. The van der Waals surface area contributed by atoms with E-state index in [1.807, 2.05) is 56.3 Å². The van der Waals surface area contributed by atoms with Gasteiger partial charge in [-0.2, -0.15) is 0 Å². The van der Waals surface area contributed by atoms with E-state index in [1.165, 1.54) is 12.4 Å². The van der Waals surface area contributed by atoms with Crippen LogP contribution in [0.5, 0.6) is 5.75 Å². The molecule has 3 aromatic rings. The second-order valence-electron chi connectivity index (χ2n) is 9.87. The van der Waals surface area contributed by atoms with Gasteiger partial charge in [0.25, 0.3) is 0 Å². The SMILES string of the molecule is CCOCCOCCOCCOCCOCCOc1cc2ncnc(Nc3cccc(Br)c3)c2cc1NC(=O)C=CCN(C)C. The minimum Gasteiger partial charge on any atom is -0.489 e.